The highest BCUT2D eigenvalue weighted by Gasteiger charge is 2.29. The Morgan fingerprint density at radius 1 is 0.302 bits per heavy atom. The second-order valence-electron chi connectivity index (χ2n) is 12.5. The molecule has 2 N–H and O–H groups in total. The van der Waals surface area contributed by atoms with Gasteiger partial charge in [0.25, 0.3) is 0 Å². The van der Waals surface area contributed by atoms with Crippen molar-refractivity contribution in [2.75, 3.05) is 0 Å². The maximum atomic E-state index is 15.7. The number of nitrogens with zero attached hydrogens (tertiary/aromatic N) is 2. The first-order valence-corrected chi connectivity index (χ1v) is 16.7. The third kappa shape index (κ3) is 5.36. The molecule has 0 amide bonds. The molecule has 8 bridgehead atoms. The molecule has 4 aromatic carbocycles. The van der Waals surface area contributed by atoms with Crippen LogP contribution in [0.3, 0.4) is 0 Å². The van der Waals surface area contributed by atoms with E-state index in [1.807, 2.05) is 115 Å². The molecule has 2 aliphatic rings. The first-order chi connectivity index (χ1) is 25.9. The van der Waals surface area contributed by atoms with E-state index < -0.39 is 34.6 Å². The van der Waals surface area contributed by atoms with Crippen LogP contribution in [0.5, 0.6) is 0 Å². The second-order valence-corrected chi connectivity index (χ2v) is 12.5. The Bertz CT molecular complexity index is 2760. The van der Waals surface area contributed by atoms with E-state index in [9.17, 15) is 13.2 Å². The summed E-state index contributed by atoms with van der Waals surface area (Å²) in [5.74, 6) is -10.3. The van der Waals surface area contributed by atoms with Gasteiger partial charge in [-0.15, -0.1) is 0 Å². The van der Waals surface area contributed by atoms with E-state index in [-0.39, 0.29) is 16.8 Å². The summed E-state index contributed by atoms with van der Waals surface area (Å²) in [5.41, 5.74) is 7.00. The van der Waals surface area contributed by atoms with Crippen molar-refractivity contribution in [3.05, 3.63) is 167 Å². The number of fused-ring (bicyclic) bond motifs is 8. The van der Waals surface area contributed by atoms with Crippen LogP contribution >= 0.6 is 0 Å². The Morgan fingerprint density at radius 2 is 0.585 bits per heavy atom. The van der Waals surface area contributed by atoms with Crippen molar-refractivity contribution in [3.8, 4) is 44.5 Å². The average molecular weight is 705 g/mol. The third-order valence-electron chi connectivity index (χ3n) is 9.40. The molecule has 0 unspecified atom stereocenters. The van der Waals surface area contributed by atoms with Crippen LogP contribution < -0.4 is 0 Å². The zero-order valence-electron chi connectivity index (χ0n) is 27.6. The van der Waals surface area contributed by atoms with Crippen molar-refractivity contribution in [2.45, 2.75) is 0 Å². The number of halogens is 5. The maximum absolute atomic E-state index is 15.7. The van der Waals surface area contributed by atoms with Gasteiger partial charge in [0.2, 0.25) is 5.82 Å². The Labute approximate surface area is 299 Å². The predicted octanol–water partition coefficient (Wildman–Crippen LogP) is 12.0. The molecule has 0 spiro atoms. The SMILES string of the molecule is Fc1c(F)c(F)c(-c2c3nc(c(-c4ccccc4)c4ccc([nH]4)c(-c4ccccc4)c4nc(c(-c5ccccc5)c5ccc2[nH]5)C=C4)C=C3)c(F)c1F. The maximum Gasteiger partial charge on any atom is 0.200 e. The highest BCUT2D eigenvalue weighted by atomic mass is 19.2. The Kier molecular flexibility index (Phi) is 7.69. The van der Waals surface area contributed by atoms with Crippen LogP contribution in [0, 0.1) is 29.1 Å². The summed E-state index contributed by atoms with van der Waals surface area (Å²) in [7, 11) is 0. The number of benzene rings is 4. The molecule has 4 nitrogen and oxygen atoms in total. The van der Waals surface area contributed by atoms with E-state index in [2.05, 4.69) is 9.97 Å². The molecule has 256 valence electrons. The number of aromatic amines is 2. The van der Waals surface area contributed by atoms with Crippen LogP contribution in [-0.4, -0.2) is 19.9 Å². The fourth-order valence-corrected chi connectivity index (χ4v) is 7.02. The highest BCUT2D eigenvalue weighted by molar-refractivity contribution is 5.99. The predicted molar refractivity (Wildman–Crippen MR) is 200 cm³/mol. The quantitative estimate of drug-likeness (QED) is 0.109. The smallest absolute Gasteiger partial charge is 0.200 e. The first-order valence-electron chi connectivity index (χ1n) is 16.7. The van der Waals surface area contributed by atoms with Gasteiger partial charge in [-0.1, -0.05) is 91.0 Å². The molecule has 3 aromatic heterocycles. The van der Waals surface area contributed by atoms with Crippen molar-refractivity contribution < 1.29 is 22.0 Å². The number of hydrogen-bond acceptors (Lipinski definition) is 2. The third-order valence-corrected chi connectivity index (χ3v) is 9.40. The molecule has 5 heterocycles. The lowest BCUT2D eigenvalue weighted by molar-refractivity contribution is 0.381. The topological polar surface area (TPSA) is 57.4 Å². The summed E-state index contributed by atoms with van der Waals surface area (Å²) in [5, 5.41) is 0. The van der Waals surface area contributed by atoms with Gasteiger partial charge in [-0.2, -0.15) is 0 Å². The normalized spacial score (nSPS) is 12.1. The van der Waals surface area contributed by atoms with E-state index in [1.165, 1.54) is 6.08 Å². The lowest BCUT2D eigenvalue weighted by atomic mass is 10.0. The fourth-order valence-electron chi connectivity index (χ4n) is 7.02. The molecule has 0 radical (unpaired) electrons. The molecule has 9 heteroatoms. The Hall–Kier alpha value is -6.87. The van der Waals surface area contributed by atoms with Crippen molar-refractivity contribution in [2.24, 2.45) is 0 Å². The second kappa shape index (κ2) is 12.7. The molecule has 0 saturated heterocycles. The molecule has 0 atom stereocenters. The van der Waals surface area contributed by atoms with Gasteiger partial charge in [0.05, 0.1) is 28.3 Å². The molecule has 53 heavy (non-hydrogen) atoms. The van der Waals surface area contributed by atoms with Gasteiger partial charge in [0.1, 0.15) is 0 Å². The summed E-state index contributed by atoms with van der Waals surface area (Å²) >= 11 is 0. The van der Waals surface area contributed by atoms with E-state index in [4.69, 9.17) is 9.97 Å². The summed E-state index contributed by atoms with van der Waals surface area (Å²) in [6.07, 6.45) is 7.01. The minimum absolute atomic E-state index is 0.00423. The summed E-state index contributed by atoms with van der Waals surface area (Å²) in [6.45, 7) is 0. The summed E-state index contributed by atoms with van der Waals surface area (Å²) in [4.78, 5) is 16.8. The van der Waals surface area contributed by atoms with E-state index in [0.29, 0.717) is 39.2 Å². The molecule has 7 aromatic rings. The van der Waals surface area contributed by atoms with Crippen molar-refractivity contribution in [1.29, 1.82) is 0 Å². The number of hydrogen-bond donors (Lipinski definition) is 2. The molecule has 9 rings (SSSR count). The minimum atomic E-state index is -2.24. The number of H-pyrrole nitrogens is 2. The van der Waals surface area contributed by atoms with Gasteiger partial charge in [0.15, 0.2) is 23.3 Å². The highest BCUT2D eigenvalue weighted by Crippen LogP contribution is 2.40. The van der Waals surface area contributed by atoms with E-state index in [1.54, 1.807) is 18.2 Å². The molecule has 2 aliphatic heterocycles. The summed E-state index contributed by atoms with van der Waals surface area (Å²) < 4.78 is 75.6. The molecular weight excluding hydrogens is 680 g/mol. The number of rotatable bonds is 4. The molecule has 0 saturated carbocycles. The first kappa shape index (κ1) is 32.1. The number of aromatic nitrogens is 4. The number of nitrogens with one attached hydrogen (secondary N) is 2. The lowest BCUT2D eigenvalue weighted by Gasteiger charge is -2.10. The molecule has 0 fully saturated rings. The zero-order chi connectivity index (χ0) is 36.2. The van der Waals surface area contributed by atoms with Gasteiger partial charge in [-0.05, 0) is 65.3 Å². The van der Waals surface area contributed by atoms with Crippen LogP contribution in [0.1, 0.15) is 22.8 Å². The van der Waals surface area contributed by atoms with Gasteiger partial charge >= 0.3 is 0 Å². The largest absolute Gasteiger partial charge is 0.354 e. The van der Waals surface area contributed by atoms with Gasteiger partial charge in [-0.3, -0.25) is 0 Å². The van der Waals surface area contributed by atoms with Gasteiger partial charge in [0, 0.05) is 44.3 Å². The summed E-state index contributed by atoms with van der Waals surface area (Å²) in [6, 6.07) is 35.9. The Morgan fingerprint density at radius 3 is 0.925 bits per heavy atom. The molecule has 0 aliphatic carbocycles. The fraction of sp³-hybridized carbons (Fsp3) is 0. The van der Waals surface area contributed by atoms with Crippen LogP contribution in [0.2, 0.25) is 0 Å². The lowest BCUT2D eigenvalue weighted by Crippen LogP contribution is -2.05. The van der Waals surface area contributed by atoms with E-state index >= 15 is 8.78 Å². The van der Waals surface area contributed by atoms with Crippen LogP contribution in [-0.2, 0) is 0 Å². The average Bonchev–Trinajstić information content (AvgIpc) is 4.04. The van der Waals surface area contributed by atoms with Crippen LogP contribution in [0.25, 0.3) is 90.9 Å². The van der Waals surface area contributed by atoms with Gasteiger partial charge in [-0.25, -0.2) is 31.9 Å². The van der Waals surface area contributed by atoms with Crippen LogP contribution in [0.4, 0.5) is 22.0 Å². The van der Waals surface area contributed by atoms with Crippen molar-refractivity contribution >= 4 is 46.4 Å². The van der Waals surface area contributed by atoms with Crippen LogP contribution in [0.15, 0.2) is 115 Å². The Balaban J connectivity index is 1.51. The van der Waals surface area contributed by atoms with Gasteiger partial charge < -0.3 is 9.97 Å². The van der Waals surface area contributed by atoms with E-state index in [0.717, 1.165) is 27.8 Å². The standard InChI is InChI=1S/C44H25F5N4/c45-40-39(41(46)43(48)44(49)42(40)47)38-33-22-20-31(52-33)36(25-12-6-2-7-13-25)29-18-16-27(50-29)35(24-10-4-1-5-11-24)28-17-19-30(51-28)37(26-14-8-3-9-15-26)32-21-23-34(38)53-32/h1-23,50,53H. The molecular formula is C44H25F5N4. The monoisotopic (exact) mass is 704 g/mol. The van der Waals surface area contributed by atoms with Crippen molar-refractivity contribution in [1.82, 2.24) is 19.9 Å². The zero-order valence-corrected chi connectivity index (χ0v) is 27.6. The minimum Gasteiger partial charge on any atom is -0.354 e. The van der Waals surface area contributed by atoms with Crippen molar-refractivity contribution in [3.63, 3.8) is 0 Å².